The maximum absolute atomic E-state index is 11.3. The third-order valence-corrected chi connectivity index (χ3v) is 1.80. The summed E-state index contributed by atoms with van der Waals surface area (Å²) in [5, 5.41) is 11.2. The van der Waals surface area contributed by atoms with Crippen molar-refractivity contribution >= 4 is 17.6 Å². The number of aromatic nitrogens is 1. The van der Waals surface area contributed by atoms with Gasteiger partial charge < -0.3 is 15.2 Å². The van der Waals surface area contributed by atoms with Gasteiger partial charge in [0.2, 0.25) is 5.91 Å². The number of pyridine rings is 1. The van der Waals surface area contributed by atoms with Crippen molar-refractivity contribution in [2.24, 2.45) is 0 Å². The minimum atomic E-state index is -1.10. The quantitative estimate of drug-likeness (QED) is 0.770. The highest BCUT2D eigenvalue weighted by molar-refractivity contribution is 5.91. The van der Waals surface area contributed by atoms with Crippen molar-refractivity contribution in [3.05, 3.63) is 24.0 Å². The average molecular weight is 224 g/mol. The molecule has 6 nitrogen and oxygen atoms in total. The molecule has 0 aliphatic heterocycles. The topological polar surface area (TPSA) is 88.5 Å². The van der Waals surface area contributed by atoms with Gasteiger partial charge in [0.25, 0.3) is 0 Å². The highest BCUT2D eigenvalue weighted by atomic mass is 16.5. The van der Waals surface area contributed by atoms with Gasteiger partial charge in [0.15, 0.2) is 0 Å². The molecule has 0 fully saturated rings. The molecular formula is C10H12N2O4. The van der Waals surface area contributed by atoms with E-state index in [0.717, 1.165) is 0 Å². The Morgan fingerprint density at radius 3 is 2.75 bits per heavy atom. The summed E-state index contributed by atoms with van der Waals surface area (Å²) < 4.78 is 4.75. The first kappa shape index (κ1) is 12.1. The van der Waals surface area contributed by atoms with E-state index in [1.807, 2.05) is 0 Å². The minimum absolute atomic E-state index is 0.0603. The van der Waals surface area contributed by atoms with E-state index in [-0.39, 0.29) is 18.0 Å². The Morgan fingerprint density at radius 1 is 1.50 bits per heavy atom. The molecule has 86 valence electrons. The summed E-state index contributed by atoms with van der Waals surface area (Å²) in [4.78, 5) is 25.4. The summed E-state index contributed by atoms with van der Waals surface area (Å²) in [7, 11) is 1.51. The lowest BCUT2D eigenvalue weighted by atomic mass is 10.3. The zero-order valence-electron chi connectivity index (χ0n) is 8.77. The number of carbonyl (C=O) groups excluding carboxylic acids is 1. The van der Waals surface area contributed by atoms with Crippen molar-refractivity contribution in [2.45, 2.75) is 6.42 Å². The molecule has 1 heterocycles. The lowest BCUT2D eigenvalue weighted by Crippen LogP contribution is -2.14. The maximum atomic E-state index is 11.3. The van der Waals surface area contributed by atoms with Crippen molar-refractivity contribution in [3.8, 4) is 0 Å². The number of nitrogens with one attached hydrogen (secondary N) is 1. The molecule has 0 spiro atoms. The molecular weight excluding hydrogens is 212 g/mol. The van der Waals surface area contributed by atoms with E-state index in [1.54, 1.807) is 0 Å². The summed E-state index contributed by atoms with van der Waals surface area (Å²) in [5.41, 5.74) is 0.404. The Labute approximate surface area is 92.3 Å². The van der Waals surface area contributed by atoms with Crippen LogP contribution in [0, 0.1) is 0 Å². The standard InChI is InChI=1S/C10H12N2O4/c1-16-5-4-9(13)12-7-2-3-8(10(14)15)11-6-7/h2-3,6H,4-5H2,1H3,(H,12,13)(H,14,15). The summed E-state index contributed by atoms with van der Waals surface area (Å²) in [6.07, 6.45) is 1.55. The molecule has 1 amide bonds. The number of nitrogens with zero attached hydrogens (tertiary/aromatic N) is 1. The second-order valence-corrected chi connectivity index (χ2v) is 3.03. The van der Waals surface area contributed by atoms with Crippen LogP contribution < -0.4 is 5.32 Å². The largest absolute Gasteiger partial charge is 0.477 e. The van der Waals surface area contributed by atoms with Crippen LogP contribution in [0.4, 0.5) is 5.69 Å². The van der Waals surface area contributed by atoms with Gasteiger partial charge in [0.1, 0.15) is 5.69 Å². The van der Waals surface area contributed by atoms with Crippen LogP contribution in [0.15, 0.2) is 18.3 Å². The van der Waals surface area contributed by atoms with Crippen molar-refractivity contribution in [3.63, 3.8) is 0 Å². The van der Waals surface area contributed by atoms with Gasteiger partial charge in [0.05, 0.1) is 24.9 Å². The van der Waals surface area contributed by atoms with Crippen LogP contribution in [0.5, 0.6) is 0 Å². The van der Waals surface area contributed by atoms with Crippen LogP contribution in [0.2, 0.25) is 0 Å². The summed E-state index contributed by atoms with van der Waals surface area (Å²) in [6, 6.07) is 2.81. The van der Waals surface area contributed by atoms with Crippen LogP contribution in [0.1, 0.15) is 16.9 Å². The van der Waals surface area contributed by atoms with Crippen molar-refractivity contribution in [1.82, 2.24) is 4.98 Å². The van der Waals surface area contributed by atoms with Gasteiger partial charge >= 0.3 is 5.97 Å². The lowest BCUT2D eigenvalue weighted by Gasteiger charge is -2.04. The number of carbonyl (C=O) groups is 2. The van der Waals surface area contributed by atoms with Crippen LogP contribution in [0.25, 0.3) is 0 Å². The zero-order valence-corrected chi connectivity index (χ0v) is 8.77. The normalized spacial score (nSPS) is 9.81. The van der Waals surface area contributed by atoms with Gasteiger partial charge in [-0.05, 0) is 12.1 Å². The predicted molar refractivity (Wildman–Crippen MR) is 56.3 cm³/mol. The van der Waals surface area contributed by atoms with E-state index in [4.69, 9.17) is 9.84 Å². The van der Waals surface area contributed by atoms with Crippen LogP contribution in [-0.2, 0) is 9.53 Å². The van der Waals surface area contributed by atoms with E-state index in [2.05, 4.69) is 10.3 Å². The number of ether oxygens (including phenoxy) is 1. The summed E-state index contributed by atoms with van der Waals surface area (Å²) in [5.74, 6) is -1.30. The second-order valence-electron chi connectivity index (χ2n) is 3.03. The number of rotatable bonds is 5. The molecule has 16 heavy (non-hydrogen) atoms. The van der Waals surface area contributed by atoms with Gasteiger partial charge in [-0.2, -0.15) is 0 Å². The van der Waals surface area contributed by atoms with Gasteiger partial charge in [0, 0.05) is 7.11 Å². The van der Waals surface area contributed by atoms with Gasteiger partial charge in [-0.15, -0.1) is 0 Å². The molecule has 0 aliphatic carbocycles. The number of carboxylic acid groups (broad SMARTS) is 1. The number of anilines is 1. The maximum Gasteiger partial charge on any atom is 0.354 e. The van der Waals surface area contributed by atoms with Gasteiger partial charge in [-0.25, -0.2) is 9.78 Å². The Bertz CT molecular complexity index is 375. The molecule has 0 bridgehead atoms. The van der Waals surface area contributed by atoms with E-state index < -0.39 is 5.97 Å². The molecule has 6 heteroatoms. The number of hydrogen-bond donors (Lipinski definition) is 2. The fourth-order valence-corrected chi connectivity index (χ4v) is 1.01. The zero-order chi connectivity index (χ0) is 12.0. The Morgan fingerprint density at radius 2 is 2.25 bits per heavy atom. The molecule has 0 saturated carbocycles. The SMILES string of the molecule is COCCC(=O)Nc1ccc(C(=O)O)nc1. The second kappa shape index (κ2) is 5.82. The molecule has 1 aromatic rings. The smallest absolute Gasteiger partial charge is 0.354 e. The van der Waals surface area contributed by atoms with E-state index in [9.17, 15) is 9.59 Å². The monoisotopic (exact) mass is 224 g/mol. The van der Waals surface area contributed by atoms with Crippen LogP contribution >= 0.6 is 0 Å². The molecule has 1 aromatic heterocycles. The first-order chi connectivity index (χ1) is 7.63. The highest BCUT2D eigenvalue weighted by Gasteiger charge is 2.05. The minimum Gasteiger partial charge on any atom is -0.477 e. The Hall–Kier alpha value is -1.95. The molecule has 0 unspecified atom stereocenters. The number of carboxylic acids is 1. The molecule has 0 aromatic carbocycles. The Balaban J connectivity index is 2.55. The Kier molecular flexibility index (Phi) is 4.41. The molecule has 0 atom stereocenters. The fourth-order valence-electron chi connectivity index (χ4n) is 1.01. The summed E-state index contributed by atoms with van der Waals surface area (Å²) in [6.45, 7) is 0.340. The van der Waals surface area contributed by atoms with Crippen molar-refractivity contribution < 1.29 is 19.4 Å². The fraction of sp³-hybridized carbons (Fsp3) is 0.300. The molecule has 0 radical (unpaired) electrons. The molecule has 0 saturated heterocycles. The molecule has 0 aliphatic rings. The van der Waals surface area contributed by atoms with E-state index in [1.165, 1.54) is 25.4 Å². The first-order valence-electron chi connectivity index (χ1n) is 4.61. The van der Waals surface area contributed by atoms with Crippen LogP contribution in [-0.4, -0.2) is 35.7 Å². The third kappa shape index (κ3) is 3.66. The number of hydrogen-bond acceptors (Lipinski definition) is 4. The van der Waals surface area contributed by atoms with Gasteiger partial charge in [-0.1, -0.05) is 0 Å². The molecule has 2 N–H and O–H groups in total. The first-order valence-corrected chi connectivity index (χ1v) is 4.61. The lowest BCUT2D eigenvalue weighted by molar-refractivity contribution is -0.117. The van der Waals surface area contributed by atoms with E-state index in [0.29, 0.717) is 12.3 Å². The summed E-state index contributed by atoms with van der Waals surface area (Å²) >= 11 is 0. The number of methoxy groups -OCH3 is 1. The third-order valence-electron chi connectivity index (χ3n) is 1.80. The predicted octanol–water partition coefficient (Wildman–Crippen LogP) is 0.755. The average Bonchev–Trinajstić information content (AvgIpc) is 2.27. The van der Waals surface area contributed by atoms with Crippen LogP contribution in [0.3, 0.4) is 0 Å². The van der Waals surface area contributed by atoms with Crippen molar-refractivity contribution in [2.75, 3.05) is 19.0 Å². The van der Waals surface area contributed by atoms with Gasteiger partial charge in [-0.3, -0.25) is 4.79 Å². The van der Waals surface area contributed by atoms with Crippen molar-refractivity contribution in [1.29, 1.82) is 0 Å². The number of aromatic carboxylic acids is 1. The highest BCUT2D eigenvalue weighted by Crippen LogP contribution is 2.06. The molecule has 1 rings (SSSR count). The number of amides is 1. The van der Waals surface area contributed by atoms with E-state index >= 15 is 0 Å².